The van der Waals surface area contributed by atoms with Gasteiger partial charge in [-0.15, -0.1) is 0 Å². The summed E-state index contributed by atoms with van der Waals surface area (Å²) in [4.78, 5) is 10.6. The van der Waals surface area contributed by atoms with Crippen LogP contribution in [0.25, 0.3) is 0 Å². The standard InChI is InChI=1S/C13H18N2O3/c1-9-5-10(2)13(12(6-9)15(16)17)18-4-3-11-7-14-8-11/h5-6,11,14H,3-4,7-8H2,1-2H3. The van der Waals surface area contributed by atoms with Crippen molar-refractivity contribution in [3.63, 3.8) is 0 Å². The normalized spacial score (nSPS) is 15.2. The number of nitrogens with one attached hydrogen (secondary N) is 1. The third-order valence-corrected chi connectivity index (χ3v) is 3.23. The molecule has 0 aliphatic carbocycles. The number of nitro benzene ring substituents is 1. The van der Waals surface area contributed by atoms with Crippen LogP contribution < -0.4 is 10.1 Å². The van der Waals surface area contributed by atoms with Crippen LogP contribution in [0.3, 0.4) is 0 Å². The maximum Gasteiger partial charge on any atom is 0.311 e. The van der Waals surface area contributed by atoms with E-state index in [0.29, 0.717) is 18.3 Å². The molecule has 1 aliphatic heterocycles. The third kappa shape index (κ3) is 2.79. The Morgan fingerprint density at radius 1 is 1.44 bits per heavy atom. The fourth-order valence-electron chi connectivity index (χ4n) is 2.14. The number of nitrogens with zero attached hydrogens (tertiary/aromatic N) is 1. The Hall–Kier alpha value is -1.62. The van der Waals surface area contributed by atoms with Crippen molar-refractivity contribution in [1.82, 2.24) is 5.32 Å². The zero-order valence-electron chi connectivity index (χ0n) is 10.7. The summed E-state index contributed by atoms with van der Waals surface area (Å²) in [6.45, 7) is 6.29. The van der Waals surface area contributed by atoms with E-state index >= 15 is 0 Å². The quantitative estimate of drug-likeness (QED) is 0.642. The largest absolute Gasteiger partial charge is 0.487 e. The fraction of sp³-hybridized carbons (Fsp3) is 0.538. The minimum Gasteiger partial charge on any atom is -0.487 e. The van der Waals surface area contributed by atoms with E-state index < -0.39 is 0 Å². The Kier molecular flexibility index (Phi) is 3.81. The molecule has 2 rings (SSSR count). The highest BCUT2D eigenvalue weighted by Crippen LogP contribution is 2.32. The molecule has 18 heavy (non-hydrogen) atoms. The van der Waals surface area contributed by atoms with Crippen LogP contribution in [0.5, 0.6) is 5.75 Å². The molecule has 1 heterocycles. The number of aryl methyl sites for hydroxylation is 2. The molecular weight excluding hydrogens is 232 g/mol. The first-order valence-electron chi connectivity index (χ1n) is 6.17. The van der Waals surface area contributed by atoms with Gasteiger partial charge in [-0.25, -0.2) is 0 Å². The lowest BCUT2D eigenvalue weighted by Gasteiger charge is -2.26. The van der Waals surface area contributed by atoms with Crippen molar-refractivity contribution in [3.05, 3.63) is 33.4 Å². The van der Waals surface area contributed by atoms with E-state index in [9.17, 15) is 10.1 Å². The van der Waals surface area contributed by atoms with Crippen LogP contribution in [0.15, 0.2) is 12.1 Å². The van der Waals surface area contributed by atoms with Crippen LogP contribution in [0.4, 0.5) is 5.69 Å². The van der Waals surface area contributed by atoms with Crippen molar-refractivity contribution in [2.45, 2.75) is 20.3 Å². The van der Waals surface area contributed by atoms with Crippen molar-refractivity contribution in [3.8, 4) is 5.75 Å². The number of nitro groups is 1. The molecule has 0 aromatic heterocycles. The van der Waals surface area contributed by atoms with Crippen molar-refractivity contribution >= 4 is 5.69 Å². The second-order valence-corrected chi connectivity index (χ2v) is 4.85. The molecule has 1 aromatic rings. The Balaban J connectivity index is 2.07. The minimum absolute atomic E-state index is 0.0687. The van der Waals surface area contributed by atoms with Crippen LogP contribution in [0.2, 0.25) is 0 Å². The second kappa shape index (κ2) is 5.35. The number of hydrogen-bond donors (Lipinski definition) is 1. The van der Waals surface area contributed by atoms with E-state index in [0.717, 1.165) is 30.6 Å². The lowest BCUT2D eigenvalue weighted by Crippen LogP contribution is -2.42. The molecule has 1 saturated heterocycles. The van der Waals surface area contributed by atoms with Gasteiger partial charge in [-0.1, -0.05) is 6.07 Å². The molecule has 0 bridgehead atoms. The van der Waals surface area contributed by atoms with E-state index in [1.165, 1.54) is 0 Å². The predicted octanol–water partition coefficient (Wildman–Crippen LogP) is 2.20. The summed E-state index contributed by atoms with van der Waals surface area (Å²) in [5.41, 5.74) is 1.78. The van der Waals surface area contributed by atoms with Crippen LogP contribution >= 0.6 is 0 Å². The maximum absolute atomic E-state index is 11.0. The Labute approximate surface area is 106 Å². The van der Waals surface area contributed by atoms with Crippen molar-refractivity contribution in [1.29, 1.82) is 0 Å². The van der Waals surface area contributed by atoms with E-state index in [1.54, 1.807) is 6.07 Å². The Morgan fingerprint density at radius 2 is 2.17 bits per heavy atom. The molecule has 0 unspecified atom stereocenters. The van der Waals surface area contributed by atoms with Gasteiger partial charge in [0.25, 0.3) is 0 Å². The van der Waals surface area contributed by atoms with Gasteiger partial charge in [0.2, 0.25) is 0 Å². The SMILES string of the molecule is Cc1cc(C)c(OCCC2CNC2)c([N+](=O)[O-])c1. The third-order valence-electron chi connectivity index (χ3n) is 3.23. The Morgan fingerprint density at radius 3 is 2.72 bits per heavy atom. The highest BCUT2D eigenvalue weighted by atomic mass is 16.6. The highest BCUT2D eigenvalue weighted by Gasteiger charge is 2.20. The topological polar surface area (TPSA) is 64.4 Å². The summed E-state index contributed by atoms with van der Waals surface area (Å²) in [6.07, 6.45) is 0.942. The van der Waals surface area contributed by atoms with E-state index in [4.69, 9.17) is 4.74 Å². The minimum atomic E-state index is -0.375. The van der Waals surface area contributed by atoms with Gasteiger partial charge >= 0.3 is 5.69 Å². The highest BCUT2D eigenvalue weighted by molar-refractivity contribution is 5.53. The van der Waals surface area contributed by atoms with Gasteiger partial charge in [-0.05, 0) is 50.4 Å². The summed E-state index contributed by atoms with van der Waals surface area (Å²) in [7, 11) is 0. The molecule has 1 aliphatic rings. The van der Waals surface area contributed by atoms with E-state index in [-0.39, 0.29) is 10.6 Å². The van der Waals surface area contributed by atoms with Gasteiger partial charge in [0.1, 0.15) is 0 Å². The number of benzene rings is 1. The monoisotopic (exact) mass is 250 g/mol. The molecular formula is C13H18N2O3. The summed E-state index contributed by atoms with van der Waals surface area (Å²) >= 11 is 0. The molecule has 0 spiro atoms. The summed E-state index contributed by atoms with van der Waals surface area (Å²) in [5.74, 6) is 1.06. The predicted molar refractivity (Wildman–Crippen MR) is 69.0 cm³/mol. The smallest absolute Gasteiger partial charge is 0.311 e. The van der Waals surface area contributed by atoms with Crippen LogP contribution in [0, 0.1) is 29.9 Å². The van der Waals surface area contributed by atoms with Crippen molar-refractivity contribution < 1.29 is 9.66 Å². The van der Waals surface area contributed by atoms with Crippen LogP contribution in [-0.4, -0.2) is 24.6 Å². The fourth-order valence-corrected chi connectivity index (χ4v) is 2.14. The first-order chi connectivity index (χ1) is 8.58. The first kappa shape index (κ1) is 12.8. The molecule has 1 N–H and O–H groups in total. The molecule has 0 atom stereocenters. The molecule has 0 radical (unpaired) electrons. The summed E-state index contributed by atoms with van der Waals surface area (Å²) < 4.78 is 5.62. The van der Waals surface area contributed by atoms with Crippen molar-refractivity contribution in [2.24, 2.45) is 5.92 Å². The van der Waals surface area contributed by atoms with Crippen LogP contribution in [0.1, 0.15) is 17.5 Å². The van der Waals surface area contributed by atoms with Gasteiger partial charge in [-0.2, -0.15) is 0 Å². The van der Waals surface area contributed by atoms with Crippen molar-refractivity contribution in [2.75, 3.05) is 19.7 Å². The molecule has 0 saturated carbocycles. The number of hydrogen-bond acceptors (Lipinski definition) is 4. The van der Waals surface area contributed by atoms with Gasteiger partial charge in [0.05, 0.1) is 11.5 Å². The number of ether oxygens (including phenoxy) is 1. The molecule has 0 amide bonds. The molecule has 5 nitrogen and oxygen atoms in total. The average Bonchev–Trinajstić information content (AvgIpc) is 2.23. The lowest BCUT2D eigenvalue weighted by molar-refractivity contribution is -0.386. The summed E-state index contributed by atoms with van der Waals surface area (Å²) in [5, 5.41) is 14.2. The van der Waals surface area contributed by atoms with Gasteiger partial charge in [0, 0.05) is 6.07 Å². The molecule has 1 fully saturated rings. The van der Waals surface area contributed by atoms with Gasteiger partial charge in [-0.3, -0.25) is 10.1 Å². The van der Waals surface area contributed by atoms with Gasteiger partial charge < -0.3 is 10.1 Å². The van der Waals surface area contributed by atoms with E-state index in [1.807, 2.05) is 19.9 Å². The first-order valence-corrected chi connectivity index (χ1v) is 6.17. The molecule has 5 heteroatoms. The number of rotatable bonds is 5. The average molecular weight is 250 g/mol. The molecule has 98 valence electrons. The molecule has 1 aromatic carbocycles. The Bertz CT molecular complexity index is 456. The zero-order chi connectivity index (χ0) is 13.1. The zero-order valence-corrected chi connectivity index (χ0v) is 10.7. The van der Waals surface area contributed by atoms with E-state index in [2.05, 4.69) is 5.32 Å². The maximum atomic E-state index is 11.0. The van der Waals surface area contributed by atoms with Gasteiger partial charge in [0.15, 0.2) is 5.75 Å². The second-order valence-electron chi connectivity index (χ2n) is 4.85. The summed E-state index contributed by atoms with van der Waals surface area (Å²) in [6, 6.07) is 3.47. The lowest BCUT2D eigenvalue weighted by atomic mass is 10.0. The van der Waals surface area contributed by atoms with Crippen LogP contribution in [-0.2, 0) is 0 Å².